The minimum Gasteiger partial charge on any atom is -0.497 e. The molecule has 0 spiro atoms. The van der Waals surface area contributed by atoms with Crippen molar-refractivity contribution in [1.29, 1.82) is 0 Å². The SMILES string of the molecule is COc1ccc(CN(Cc2ccc(OC)cc2)S(=O)(=O)c2cc(NC(=O)Cc3ccccc3Cl)cc3c2cnn3Cc2ccc(C(F)(F)F)cc2)cc1. The first-order chi connectivity index (χ1) is 25.3. The highest BCUT2D eigenvalue weighted by Gasteiger charge is 2.31. The Morgan fingerprint density at radius 2 is 1.40 bits per heavy atom. The third-order valence-electron chi connectivity index (χ3n) is 8.58. The Bertz CT molecular complexity index is 2280. The number of sulfonamides is 1. The number of nitrogens with zero attached hydrogens (tertiary/aromatic N) is 3. The van der Waals surface area contributed by atoms with Crippen molar-refractivity contribution in [2.75, 3.05) is 19.5 Å². The second-order valence-electron chi connectivity index (χ2n) is 12.2. The zero-order valence-electron chi connectivity index (χ0n) is 28.6. The van der Waals surface area contributed by atoms with Gasteiger partial charge >= 0.3 is 6.18 Å². The van der Waals surface area contributed by atoms with Crippen molar-refractivity contribution < 1.29 is 35.9 Å². The van der Waals surface area contributed by atoms with Crippen molar-refractivity contribution in [2.24, 2.45) is 0 Å². The van der Waals surface area contributed by atoms with Gasteiger partial charge in [-0.25, -0.2) is 8.42 Å². The first-order valence-corrected chi connectivity index (χ1v) is 18.1. The molecule has 0 fully saturated rings. The molecule has 5 aromatic carbocycles. The molecule has 0 saturated heterocycles. The van der Waals surface area contributed by atoms with E-state index in [0.29, 0.717) is 44.3 Å². The fourth-order valence-corrected chi connectivity index (χ4v) is 7.61. The molecule has 0 aliphatic carbocycles. The summed E-state index contributed by atoms with van der Waals surface area (Å²) < 4.78 is 82.9. The minimum absolute atomic E-state index is 0.0113. The van der Waals surface area contributed by atoms with Gasteiger partial charge < -0.3 is 14.8 Å². The molecule has 0 aliphatic heterocycles. The van der Waals surface area contributed by atoms with Crippen LogP contribution in [0.1, 0.15) is 27.8 Å². The van der Waals surface area contributed by atoms with Gasteiger partial charge in [-0.15, -0.1) is 0 Å². The third-order valence-corrected chi connectivity index (χ3v) is 10.8. The van der Waals surface area contributed by atoms with Crippen molar-refractivity contribution in [2.45, 2.75) is 37.1 Å². The molecule has 6 aromatic rings. The lowest BCUT2D eigenvalue weighted by Gasteiger charge is -2.24. The Morgan fingerprint density at radius 1 is 0.830 bits per heavy atom. The number of carbonyl (C=O) groups excluding carboxylic acids is 1. The molecular formula is C39H34ClF3N4O5S. The molecule has 274 valence electrons. The van der Waals surface area contributed by atoms with Gasteiger partial charge in [0.15, 0.2) is 0 Å². The number of aromatic nitrogens is 2. The van der Waals surface area contributed by atoms with Gasteiger partial charge in [-0.1, -0.05) is 66.2 Å². The van der Waals surface area contributed by atoms with Gasteiger partial charge in [0.25, 0.3) is 0 Å². The highest BCUT2D eigenvalue weighted by molar-refractivity contribution is 7.89. The van der Waals surface area contributed by atoms with E-state index < -0.39 is 27.7 Å². The number of amides is 1. The van der Waals surface area contributed by atoms with Crippen LogP contribution in [-0.2, 0) is 47.0 Å². The number of fused-ring (bicyclic) bond motifs is 1. The molecule has 0 radical (unpaired) electrons. The summed E-state index contributed by atoms with van der Waals surface area (Å²) in [4.78, 5) is 13.2. The number of rotatable bonds is 13. The van der Waals surface area contributed by atoms with E-state index in [0.717, 1.165) is 12.1 Å². The second kappa shape index (κ2) is 15.7. The van der Waals surface area contributed by atoms with E-state index in [1.165, 1.54) is 33.4 Å². The highest BCUT2D eigenvalue weighted by Crippen LogP contribution is 2.33. The smallest absolute Gasteiger partial charge is 0.416 e. The van der Waals surface area contributed by atoms with Crippen LogP contribution in [0, 0.1) is 0 Å². The zero-order chi connectivity index (χ0) is 37.8. The largest absolute Gasteiger partial charge is 0.497 e. The lowest BCUT2D eigenvalue weighted by atomic mass is 10.1. The fraction of sp³-hybridized carbons (Fsp3) is 0.179. The van der Waals surface area contributed by atoms with Crippen molar-refractivity contribution in [3.05, 3.63) is 148 Å². The van der Waals surface area contributed by atoms with Crippen LogP contribution in [0.15, 0.2) is 120 Å². The Hall–Kier alpha value is -5.37. The number of carbonyl (C=O) groups is 1. The Labute approximate surface area is 309 Å². The highest BCUT2D eigenvalue weighted by atomic mass is 35.5. The van der Waals surface area contributed by atoms with Crippen LogP contribution < -0.4 is 14.8 Å². The van der Waals surface area contributed by atoms with Crippen LogP contribution in [0.25, 0.3) is 10.9 Å². The maximum atomic E-state index is 14.9. The summed E-state index contributed by atoms with van der Waals surface area (Å²) >= 11 is 6.30. The van der Waals surface area contributed by atoms with Gasteiger partial charge in [-0.05, 0) is 76.9 Å². The number of hydrogen-bond acceptors (Lipinski definition) is 6. The van der Waals surface area contributed by atoms with Crippen LogP contribution in [0.5, 0.6) is 11.5 Å². The monoisotopic (exact) mass is 762 g/mol. The number of ether oxygens (including phenoxy) is 2. The number of halogens is 4. The van der Waals surface area contributed by atoms with Gasteiger partial charge in [0.05, 0.1) is 49.4 Å². The molecule has 1 N–H and O–H groups in total. The molecule has 9 nitrogen and oxygen atoms in total. The van der Waals surface area contributed by atoms with Crippen molar-refractivity contribution >= 4 is 44.1 Å². The van der Waals surface area contributed by atoms with Gasteiger partial charge in [-0.2, -0.15) is 22.6 Å². The number of alkyl halides is 3. The third kappa shape index (κ3) is 8.82. The molecule has 6 rings (SSSR count). The summed E-state index contributed by atoms with van der Waals surface area (Å²) in [6.07, 6.45) is -3.17. The van der Waals surface area contributed by atoms with Gasteiger partial charge in [0.2, 0.25) is 15.9 Å². The van der Waals surface area contributed by atoms with E-state index >= 15 is 0 Å². The predicted octanol–water partition coefficient (Wildman–Crippen LogP) is 8.35. The van der Waals surface area contributed by atoms with Crippen molar-refractivity contribution in [3.8, 4) is 11.5 Å². The average molecular weight is 763 g/mol. The second-order valence-corrected chi connectivity index (χ2v) is 14.5. The van der Waals surface area contributed by atoms with Gasteiger partial charge in [0.1, 0.15) is 11.5 Å². The van der Waals surface area contributed by atoms with Crippen LogP contribution in [0.3, 0.4) is 0 Å². The van der Waals surface area contributed by atoms with Gasteiger partial charge in [0, 0.05) is 29.2 Å². The van der Waals surface area contributed by atoms with E-state index in [9.17, 15) is 26.4 Å². The number of benzene rings is 5. The molecule has 0 unspecified atom stereocenters. The molecule has 53 heavy (non-hydrogen) atoms. The number of hydrogen-bond donors (Lipinski definition) is 1. The molecule has 14 heteroatoms. The molecule has 0 bridgehead atoms. The van der Waals surface area contributed by atoms with E-state index in [1.54, 1.807) is 93.1 Å². The Kier molecular flexibility index (Phi) is 11.1. The van der Waals surface area contributed by atoms with E-state index in [2.05, 4.69) is 10.4 Å². The Morgan fingerprint density at radius 3 is 1.94 bits per heavy atom. The first-order valence-electron chi connectivity index (χ1n) is 16.3. The lowest BCUT2D eigenvalue weighted by Crippen LogP contribution is -2.30. The average Bonchev–Trinajstić information content (AvgIpc) is 3.54. The fourth-order valence-electron chi connectivity index (χ4n) is 5.78. The molecule has 0 saturated carbocycles. The summed E-state index contributed by atoms with van der Waals surface area (Å²) in [5, 5.41) is 7.94. The molecule has 1 aromatic heterocycles. The predicted molar refractivity (Wildman–Crippen MR) is 196 cm³/mol. The summed E-state index contributed by atoms with van der Waals surface area (Å²) in [6.45, 7) is 0.00479. The summed E-state index contributed by atoms with van der Waals surface area (Å²) in [5.74, 6) is 0.782. The molecule has 1 heterocycles. The Balaban J connectivity index is 1.43. The minimum atomic E-state index is -4.50. The number of nitrogens with one attached hydrogen (secondary N) is 1. The maximum Gasteiger partial charge on any atom is 0.416 e. The molecular weight excluding hydrogens is 729 g/mol. The summed E-state index contributed by atoms with van der Waals surface area (Å²) in [5.41, 5.74) is 2.20. The van der Waals surface area contributed by atoms with E-state index in [1.807, 2.05) is 0 Å². The zero-order valence-corrected chi connectivity index (χ0v) is 30.2. The van der Waals surface area contributed by atoms with Crippen LogP contribution >= 0.6 is 11.6 Å². The summed E-state index contributed by atoms with van der Waals surface area (Å²) in [7, 11) is -1.26. The lowest BCUT2D eigenvalue weighted by molar-refractivity contribution is -0.137. The molecule has 0 aliphatic rings. The standard InChI is InChI=1S/C39H34ClF3N4O5S/c1-51-32-15-9-26(10-16-32)23-46(24-27-11-17-33(52-2)18-12-27)53(49,50)37-21-31(45-38(48)19-29-5-3-4-6-35(29)40)20-36-34(37)22-44-47(36)25-28-7-13-30(14-8-28)39(41,42)43/h3-18,20-22H,19,23-25H2,1-2H3,(H,45,48). The van der Waals surface area contributed by atoms with Crippen LogP contribution in [0.4, 0.5) is 18.9 Å². The number of anilines is 1. The quantitative estimate of drug-likeness (QED) is 0.127. The molecule has 0 atom stereocenters. The van der Waals surface area contributed by atoms with Gasteiger partial charge in [-0.3, -0.25) is 9.48 Å². The topological polar surface area (TPSA) is 103 Å². The molecule has 1 amide bonds. The normalized spacial score (nSPS) is 11.9. The van der Waals surface area contributed by atoms with Crippen molar-refractivity contribution in [1.82, 2.24) is 14.1 Å². The number of methoxy groups -OCH3 is 2. The van der Waals surface area contributed by atoms with E-state index in [4.69, 9.17) is 21.1 Å². The maximum absolute atomic E-state index is 14.9. The van der Waals surface area contributed by atoms with E-state index in [-0.39, 0.29) is 42.0 Å². The van der Waals surface area contributed by atoms with Crippen molar-refractivity contribution in [3.63, 3.8) is 0 Å². The summed E-state index contributed by atoms with van der Waals surface area (Å²) in [6, 6.07) is 28.6. The van der Waals surface area contributed by atoms with Crippen LogP contribution in [0.2, 0.25) is 5.02 Å². The first kappa shape index (κ1) is 37.4. The van der Waals surface area contributed by atoms with Crippen LogP contribution in [-0.4, -0.2) is 42.6 Å².